The van der Waals surface area contributed by atoms with Crippen LogP contribution in [0.4, 0.5) is 4.79 Å². The molecule has 1 aromatic rings. The predicted octanol–water partition coefficient (Wildman–Crippen LogP) is 0.808. The van der Waals surface area contributed by atoms with Gasteiger partial charge in [-0.05, 0) is 32.4 Å². The van der Waals surface area contributed by atoms with Gasteiger partial charge in [0.05, 0.1) is 13.2 Å². The fourth-order valence-corrected chi connectivity index (χ4v) is 2.00. The quantitative estimate of drug-likeness (QED) is 0.634. The van der Waals surface area contributed by atoms with E-state index in [2.05, 4.69) is 5.32 Å². The molecule has 0 saturated heterocycles. The Balaban J connectivity index is 1.80. The molecule has 114 valence electrons. The van der Waals surface area contributed by atoms with Crippen molar-refractivity contribution < 1.29 is 23.9 Å². The molecular formula is C14H20BNO5. The molecule has 0 aromatic heterocycles. The molecule has 0 bridgehead atoms. The summed E-state index contributed by atoms with van der Waals surface area (Å²) in [6.45, 7) is 6.38. The second kappa shape index (κ2) is 6.36. The van der Waals surface area contributed by atoms with Crippen LogP contribution in [0.3, 0.4) is 0 Å². The number of alkyl carbamates (subject to hydrolysis) is 1. The van der Waals surface area contributed by atoms with E-state index in [-0.39, 0.29) is 6.61 Å². The molecular weight excluding hydrogens is 273 g/mol. The Morgan fingerprint density at radius 3 is 2.95 bits per heavy atom. The van der Waals surface area contributed by atoms with Crippen LogP contribution in [0, 0.1) is 0 Å². The maximum atomic E-state index is 11.5. The van der Waals surface area contributed by atoms with Gasteiger partial charge in [-0.25, -0.2) is 4.79 Å². The largest absolute Gasteiger partial charge is 0.495 e. The van der Waals surface area contributed by atoms with Crippen molar-refractivity contribution in [2.24, 2.45) is 0 Å². The third-order valence-corrected chi connectivity index (χ3v) is 2.83. The Morgan fingerprint density at radius 2 is 2.24 bits per heavy atom. The van der Waals surface area contributed by atoms with Crippen molar-refractivity contribution in [3.8, 4) is 5.75 Å². The Labute approximate surface area is 124 Å². The van der Waals surface area contributed by atoms with Gasteiger partial charge in [-0.2, -0.15) is 0 Å². The maximum absolute atomic E-state index is 11.5. The monoisotopic (exact) mass is 293 g/mol. The van der Waals surface area contributed by atoms with E-state index in [9.17, 15) is 9.82 Å². The van der Waals surface area contributed by atoms with E-state index in [1.54, 1.807) is 26.8 Å². The molecule has 0 saturated carbocycles. The normalized spacial score (nSPS) is 13.8. The number of hydrogen-bond acceptors (Lipinski definition) is 5. The van der Waals surface area contributed by atoms with E-state index in [0.29, 0.717) is 24.4 Å². The van der Waals surface area contributed by atoms with E-state index in [1.165, 1.54) is 0 Å². The van der Waals surface area contributed by atoms with Crippen molar-refractivity contribution in [1.82, 2.24) is 5.32 Å². The van der Waals surface area contributed by atoms with Crippen LogP contribution in [0.25, 0.3) is 0 Å². The van der Waals surface area contributed by atoms with Crippen molar-refractivity contribution >= 4 is 18.7 Å². The number of fused-ring (bicyclic) bond motifs is 1. The maximum Gasteiger partial charge on any atom is 0.495 e. The van der Waals surface area contributed by atoms with Gasteiger partial charge >= 0.3 is 13.2 Å². The van der Waals surface area contributed by atoms with Gasteiger partial charge in [0.2, 0.25) is 0 Å². The molecule has 0 atom stereocenters. The summed E-state index contributed by atoms with van der Waals surface area (Å²) in [7, 11) is -0.949. The first kappa shape index (κ1) is 15.7. The van der Waals surface area contributed by atoms with Gasteiger partial charge < -0.3 is 24.5 Å². The lowest BCUT2D eigenvalue weighted by molar-refractivity contribution is 0.0520. The minimum atomic E-state index is -0.949. The van der Waals surface area contributed by atoms with E-state index < -0.39 is 18.8 Å². The third kappa shape index (κ3) is 4.37. The molecule has 0 spiro atoms. The Morgan fingerprint density at radius 1 is 1.48 bits per heavy atom. The average Bonchev–Trinajstić information content (AvgIpc) is 2.75. The zero-order valence-corrected chi connectivity index (χ0v) is 12.5. The van der Waals surface area contributed by atoms with Crippen molar-refractivity contribution in [2.45, 2.75) is 33.0 Å². The Hall–Kier alpha value is -1.73. The summed E-state index contributed by atoms with van der Waals surface area (Å²) in [5.41, 5.74) is 1.06. The van der Waals surface area contributed by atoms with Crippen LogP contribution in [0.5, 0.6) is 5.75 Å². The van der Waals surface area contributed by atoms with E-state index in [1.807, 2.05) is 12.1 Å². The lowest BCUT2D eigenvalue weighted by Crippen LogP contribution is -2.35. The lowest BCUT2D eigenvalue weighted by Gasteiger charge is -2.19. The fraction of sp³-hybridized carbons (Fsp3) is 0.500. The molecule has 0 aliphatic carbocycles. The first-order valence-electron chi connectivity index (χ1n) is 6.88. The van der Waals surface area contributed by atoms with Crippen LogP contribution in [-0.2, 0) is 16.0 Å². The molecule has 0 unspecified atom stereocenters. The number of carbonyl (C=O) groups excluding carboxylic acids is 1. The number of carbonyl (C=O) groups is 1. The summed E-state index contributed by atoms with van der Waals surface area (Å²) in [6, 6.07) is 5.50. The highest BCUT2D eigenvalue weighted by Gasteiger charge is 2.30. The third-order valence-electron chi connectivity index (χ3n) is 2.83. The number of ether oxygens (including phenoxy) is 2. The molecule has 1 amide bonds. The smallest absolute Gasteiger partial charge is 0.492 e. The zero-order chi connectivity index (χ0) is 15.5. The minimum Gasteiger partial charge on any atom is -0.492 e. The topological polar surface area (TPSA) is 77.0 Å². The van der Waals surface area contributed by atoms with Crippen LogP contribution < -0.4 is 15.5 Å². The number of hydrogen-bond donors (Lipinski definition) is 2. The van der Waals surface area contributed by atoms with Gasteiger partial charge in [-0.1, -0.05) is 12.1 Å². The molecule has 2 rings (SSSR count). The molecule has 2 N–H and O–H groups in total. The lowest BCUT2D eigenvalue weighted by atomic mass is 9.79. The van der Waals surface area contributed by atoms with Crippen LogP contribution in [0.1, 0.15) is 26.3 Å². The highest BCUT2D eigenvalue weighted by atomic mass is 16.6. The first-order chi connectivity index (χ1) is 9.87. The number of rotatable bonds is 4. The van der Waals surface area contributed by atoms with Crippen LogP contribution >= 0.6 is 0 Å². The molecule has 6 nitrogen and oxygen atoms in total. The Bertz CT molecular complexity index is 515. The van der Waals surface area contributed by atoms with Gasteiger partial charge in [0, 0.05) is 5.46 Å². The summed E-state index contributed by atoms with van der Waals surface area (Å²) < 4.78 is 15.9. The van der Waals surface area contributed by atoms with E-state index in [4.69, 9.17) is 14.1 Å². The number of amides is 1. The standard InChI is InChI=1S/C14H20BNO5/c1-14(2,3)21-13(17)16-7-8-19-11-6-4-5-10-9-20-15(18)12(10)11/h4-6,18H,7-9H2,1-3H3,(H,16,17). The Kier molecular flexibility index (Phi) is 4.75. The van der Waals surface area contributed by atoms with Crippen molar-refractivity contribution in [1.29, 1.82) is 0 Å². The van der Waals surface area contributed by atoms with E-state index in [0.717, 1.165) is 5.56 Å². The second-order valence-corrected chi connectivity index (χ2v) is 5.77. The highest BCUT2D eigenvalue weighted by molar-refractivity contribution is 6.62. The highest BCUT2D eigenvalue weighted by Crippen LogP contribution is 2.17. The van der Waals surface area contributed by atoms with Gasteiger partial charge in [-0.15, -0.1) is 0 Å². The number of benzene rings is 1. The summed E-state index contributed by atoms with van der Waals surface area (Å²) >= 11 is 0. The molecule has 0 fully saturated rings. The number of nitrogens with one attached hydrogen (secondary N) is 1. The fourth-order valence-electron chi connectivity index (χ4n) is 2.00. The van der Waals surface area contributed by atoms with Gasteiger partial charge in [-0.3, -0.25) is 0 Å². The molecule has 1 heterocycles. The summed E-state index contributed by atoms with van der Waals surface area (Å²) in [5.74, 6) is 0.573. The van der Waals surface area contributed by atoms with Crippen LogP contribution in [0.2, 0.25) is 0 Å². The zero-order valence-electron chi connectivity index (χ0n) is 12.5. The van der Waals surface area contributed by atoms with Gasteiger partial charge in [0.15, 0.2) is 0 Å². The average molecular weight is 293 g/mol. The predicted molar refractivity (Wildman–Crippen MR) is 78.6 cm³/mol. The first-order valence-corrected chi connectivity index (χ1v) is 6.88. The molecule has 7 heteroatoms. The van der Waals surface area contributed by atoms with Crippen molar-refractivity contribution in [3.05, 3.63) is 23.8 Å². The van der Waals surface area contributed by atoms with Gasteiger partial charge in [0.1, 0.15) is 18.0 Å². The summed E-state index contributed by atoms with van der Waals surface area (Å²) in [4.78, 5) is 11.5. The van der Waals surface area contributed by atoms with Crippen LogP contribution in [0.15, 0.2) is 18.2 Å². The summed E-state index contributed by atoms with van der Waals surface area (Å²) in [5, 5.41) is 12.4. The summed E-state index contributed by atoms with van der Waals surface area (Å²) in [6.07, 6.45) is -0.479. The van der Waals surface area contributed by atoms with Gasteiger partial charge in [0.25, 0.3) is 0 Å². The SMILES string of the molecule is CC(C)(C)OC(=O)NCCOc1cccc2c1B(O)OC2. The molecule has 1 aliphatic heterocycles. The van der Waals surface area contributed by atoms with E-state index >= 15 is 0 Å². The van der Waals surface area contributed by atoms with Crippen molar-refractivity contribution in [3.63, 3.8) is 0 Å². The van der Waals surface area contributed by atoms with Crippen LogP contribution in [-0.4, -0.2) is 37.0 Å². The molecule has 1 aliphatic rings. The molecule has 1 aromatic carbocycles. The van der Waals surface area contributed by atoms with Crippen molar-refractivity contribution in [2.75, 3.05) is 13.2 Å². The second-order valence-electron chi connectivity index (χ2n) is 5.77. The molecule has 21 heavy (non-hydrogen) atoms. The molecule has 0 radical (unpaired) electrons. The minimum absolute atomic E-state index is 0.280.